The molecular formula is C21H39IN6O. The molecule has 8 heteroatoms. The fourth-order valence-electron chi connectivity index (χ4n) is 4.19. The van der Waals surface area contributed by atoms with E-state index in [4.69, 9.17) is 9.73 Å². The second-order valence-corrected chi connectivity index (χ2v) is 7.99. The van der Waals surface area contributed by atoms with Gasteiger partial charge in [-0.2, -0.15) is 5.10 Å². The molecule has 0 bridgehead atoms. The predicted octanol–water partition coefficient (Wildman–Crippen LogP) is 3.03. The van der Waals surface area contributed by atoms with Crippen LogP contribution >= 0.6 is 24.0 Å². The van der Waals surface area contributed by atoms with E-state index in [1.165, 1.54) is 45.2 Å². The first-order chi connectivity index (χ1) is 13.7. The van der Waals surface area contributed by atoms with E-state index < -0.39 is 0 Å². The third-order valence-electron chi connectivity index (χ3n) is 5.80. The van der Waals surface area contributed by atoms with E-state index in [2.05, 4.69) is 34.1 Å². The number of ether oxygens (including phenoxy) is 1. The first-order valence-corrected chi connectivity index (χ1v) is 11.1. The molecule has 0 aromatic carbocycles. The van der Waals surface area contributed by atoms with E-state index in [9.17, 15) is 0 Å². The first kappa shape index (κ1) is 24.4. The van der Waals surface area contributed by atoms with Gasteiger partial charge in [-0.3, -0.25) is 14.6 Å². The molecule has 2 unspecified atom stereocenters. The molecule has 1 aromatic heterocycles. The molecule has 2 aliphatic heterocycles. The second kappa shape index (κ2) is 12.7. The van der Waals surface area contributed by atoms with Gasteiger partial charge in [-0.25, -0.2) is 0 Å². The number of guanidine groups is 1. The number of likely N-dealkylation sites (tertiary alicyclic amines) is 1. The summed E-state index contributed by atoms with van der Waals surface area (Å²) in [6.07, 6.45) is 10.5. The lowest BCUT2D eigenvalue weighted by Crippen LogP contribution is -2.49. The maximum Gasteiger partial charge on any atom is 0.194 e. The smallest absolute Gasteiger partial charge is 0.194 e. The summed E-state index contributed by atoms with van der Waals surface area (Å²) < 4.78 is 7.84. The molecular weight excluding hydrogens is 479 g/mol. The number of aromatic nitrogens is 2. The monoisotopic (exact) mass is 518 g/mol. The highest BCUT2D eigenvalue weighted by Gasteiger charge is 2.26. The van der Waals surface area contributed by atoms with Gasteiger partial charge in [-0.1, -0.05) is 19.8 Å². The molecule has 1 aromatic rings. The Kier molecular flexibility index (Phi) is 10.7. The van der Waals surface area contributed by atoms with Crippen molar-refractivity contribution in [3.8, 4) is 0 Å². The Morgan fingerprint density at radius 3 is 2.90 bits per heavy atom. The van der Waals surface area contributed by atoms with Gasteiger partial charge >= 0.3 is 0 Å². The van der Waals surface area contributed by atoms with Gasteiger partial charge in [0.2, 0.25) is 0 Å². The number of piperidine rings is 1. The number of hydrogen-bond acceptors (Lipinski definition) is 4. The fraction of sp³-hybridized carbons (Fsp3) is 0.810. The Hall–Kier alpha value is -0.870. The number of rotatable bonds is 7. The van der Waals surface area contributed by atoms with E-state index >= 15 is 0 Å². The Morgan fingerprint density at radius 1 is 1.31 bits per heavy atom. The van der Waals surface area contributed by atoms with Crippen LogP contribution in [0.15, 0.2) is 17.4 Å². The number of aryl methyl sites for hydroxylation is 1. The highest BCUT2D eigenvalue weighted by atomic mass is 127. The van der Waals surface area contributed by atoms with Gasteiger partial charge in [0.05, 0.1) is 25.9 Å². The topological polar surface area (TPSA) is 57.9 Å². The Labute approximate surface area is 193 Å². The zero-order valence-electron chi connectivity index (χ0n) is 18.3. The number of hydrogen-bond donors (Lipinski definition) is 1. The van der Waals surface area contributed by atoms with Gasteiger partial charge in [0.15, 0.2) is 5.96 Å². The number of morpholine rings is 1. The van der Waals surface area contributed by atoms with Crippen LogP contribution in [-0.2, 0) is 11.8 Å². The van der Waals surface area contributed by atoms with Gasteiger partial charge in [-0.15, -0.1) is 24.0 Å². The highest BCUT2D eigenvalue weighted by Crippen LogP contribution is 2.22. The minimum atomic E-state index is 0. The largest absolute Gasteiger partial charge is 0.370 e. The van der Waals surface area contributed by atoms with Crippen LogP contribution in [0.4, 0.5) is 0 Å². The summed E-state index contributed by atoms with van der Waals surface area (Å²) in [7, 11) is 1.95. The molecule has 3 rings (SSSR count). The lowest BCUT2D eigenvalue weighted by atomic mass is 10.0. The van der Waals surface area contributed by atoms with Gasteiger partial charge < -0.3 is 15.0 Å². The first-order valence-electron chi connectivity index (χ1n) is 11.1. The number of unbranched alkanes of at least 4 members (excludes halogenated alkanes) is 1. The van der Waals surface area contributed by atoms with Crippen LogP contribution in [0.5, 0.6) is 0 Å². The zero-order valence-corrected chi connectivity index (χ0v) is 20.7. The van der Waals surface area contributed by atoms with E-state index in [-0.39, 0.29) is 30.1 Å². The highest BCUT2D eigenvalue weighted by molar-refractivity contribution is 14.0. The van der Waals surface area contributed by atoms with Gasteiger partial charge in [0.25, 0.3) is 0 Å². The maximum absolute atomic E-state index is 6.01. The Morgan fingerprint density at radius 2 is 2.17 bits per heavy atom. The van der Waals surface area contributed by atoms with Crippen LogP contribution in [0.1, 0.15) is 57.6 Å². The molecule has 2 aliphatic rings. The van der Waals surface area contributed by atoms with Crippen molar-refractivity contribution in [1.82, 2.24) is 24.9 Å². The van der Waals surface area contributed by atoms with Crippen LogP contribution in [0.2, 0.25) is 0 Å². The molecule has 2 saturated heterocycles. The number of aliphatic imine (C=N–C) groups is 1. The molecule has 1 N–H and O–H groups in total. The van der Waals surface area contributed by atoms with E-state index in [0.29, 0.717) is 6.04 Å². The van der Waals surface area contributed by atoms with Crippen molar-refractivity contribution in [2.24, 2.45) is 12.0 Å². The van der Waals surface area contributed by atoms with E-state index in [0.717, 1.165) is 44.3 Å². The van der Waals surface area contributed by atoms with Crippen LogP contribution < -0.4 is 5.32 Å². The van der Waals surface area contributed by atoms with Gasteiger partial charge in [0, 0.05) is 37.9 Å². The summed E-state index contributed by atoms with van der Waals surface area (Å²) in [6.45, 7) is 11.1. The lowest BCUT2D eigenvalue weighted by molar-refractivity contribution is -0.00810. The lowest BCUT2D eigenvalue weighted by Gasteiger charge is -2.37. The minimum Gasteiger partial charge on any atom is -0.370 e. The van der Waals surface area contributed by atoms with Crippen LogP contribution in [0, 0.1) is 0 Å². The van der Waals surface area contributed by atoms with Gasteiger partial charge in [0.1, 0.15) is 6.10 Å². The molecule has 7 nitrogen and oxygen atoms in total. The van der Waals surface area contributed by atoms with E-state index in [1.54, 1.807) is 0 Å². The summed E-state index contributed by atoms with van der Waals surface area (Å²) in [5.74, 6) is 1.03. The van der Waals surface area contributed by atoms with Crippen LogP contribution in [0.3, 0.4) is 0 Å². The summed E-state index contributed by atoms with van der Waals surface area (Å²) in [5, 5.41) is 7.80. The SMILES string of the molecule is CCCCN1CCCCC1CN=C(NCC)N1CCOC(c2cnn(C)c2)C1.I. The average Bonchev–Trinajstić information content (AvgIpc) is 3.16. The molecule has 29 heavy (non-hydrogen) atoms. The van der Waals surface area contributed by atoms with Crippen molar-refractivity contribution in [1.29, 1.82) is 0 Å². The fourth-order valence-corrected chi connectivity index (χ4v) is 4.19. The van der Waals surface area contributed by atoms with Crippen molar-refractivity contribution in [3.05, 3.63) is 18.0 Å². The van der Waals surface area contributed by atoms with Gasteiger partial charge in [-0.05, 0) is 39.3 Å². The Bertz CT molecular complexity index is 622. The standard InChI is InChI=1S/C21H38N6O.HI/c1-4-6-10-26-11-8-7-9-19(26)15-23-21(22-5-2)27-12-13-28-20(17-27)18-14-24-25(3)16-18;/h14,16,19-20H,4-13,15,17H2,1-3H3,(H,22,23);1H. The summed E-state index contributed by atoms with van der Waals surface area (Å²) in [6, 6.07) is 0.587. The Balaban J connectivity index is 0.00000300. The summed E-state index contributed by atoms with van der Waals surface area (Å²) in [4.78, 5) is 10.1. The predicted molar refractivity (Wildman–Crippen MR) is 129 cm³/mol. The molecule has 0 radical (unpaired) electrons. The molecule has 2 atom stereocenters. The zero-order chi connectivity index (χ0) is 19.8. The average molecular weight is 518 g/mol. The summed E-state index contributed by atoms with van der Waals surface area (Å²) in [5.41, 5.74) is 1.14. The van der Waals surface area contributed by atoms with Crippen molar-refractivity contribution in [2.75, 3.05) is 45.9 Å². The van der Waals surface area contributed by atoms with Crippen molar-refractivity contribution < 1.29 is 4.74 Å². The number of nitrogens with one attached hydrogen (secondary N) is 1. The number of halogens is 1. The molecule has 0 spiro atoms. The van der Waals surface area contributed by atoms with Crippen molar-refractivity contribution in [3.63, 3.8) is 0 Å². The molecule has 166 valence electrons. The molecule has 0 aliphatic carbocycles. The number of nitrogens with zero attached hydrogens (tertiary/aromatic N) is 5. The summed E-state index contributed by atoms with van der Waals surface area (Å²) >= 11 is 0. The molecule has 0 amide bonds. The molecule has 2 fully saturated rings. The quantitative estimate of drug-likeness (QED) is 0.342. The normalized spacial score (nSPS) is 23.7. The third kappa shape index (κ3) is 7.10. The molecule has 0 saturated carbocycles. The van der Waals surface area contributed by atoms with Crippen molar-refractivity contribution in [2.45, 2.75) is 58.1 Å². The molecule has 3 heterocycles. The third-order valence-corrected chi connectivity index (χ3v) is 5.80. The minimum absolute atomic E-state index is 0. The second-order valence-electron chi connectivity index (χ2n) is 7.99. The van der Waals surface area contributed by atoms with Crippen molar-refractivity contribution >= 4 is 29.9 Å². The van der Waals surface area contributed by atoms with Crippen LogP contribution in [0.25, 0.3) is 0 Å². The van der Waals surface area contributed by atoms with Crippen LogP contribution in [-0.4, -0.2) is 77.5 Å². The van der Waals surface area contributed by atoms with E-state index in [1.807, 2.05) is 24.1 Å². The maximum atomic E-state index is 6.01.